The van der Waals surface area contributed by atoms with Gasteiger partial charge in [-0.05, 0) is 11.1 Å². The van der Waals surface area contributed by atoms with Gasteiger partial charge in [-0.15, -0.1) is 0 Å². The summed E-state index contributed by atoms with van der Waals surface area (Å²) in [7, 11) is 0. The van der Waals surface area contributed by atoms with Gasteiger partial charge in [0.25, 0.3) is 0 Å². The predicted octanol–water partition coefficient (Wildman–Crippen LogP) is 4.18. The fourth-order valence-electron chi connectivity index (χ4n) is 3.55. The molecule has 0 atom stereocenters. The molecule has 3 aromatic rings. The summed E-state index contributed by atoms with van der Waals surface area (Å²) >= 11 is 0. The number of hydrogen-bond donors (Lipinski definition) is 1. The first kappa shape index (κ1) is 19.3. The quantitative estimate of drug-likeness (QED) is 0.624. The van der Waals surface area contributed by atoms with Crippen molar-refractivity contribution in [2.24, 2.45) is 0 Å². The molecule has 4 rings (SSSR count). The van der Waals surface area contributed by atoms with Gasteiger partial charge >= 0.3 is 5.97 Å². The normalized spacial score (nSPS) is 12.2. The van der Waals surface area contributed by atoms with Gasteiger partial charge in [0.2, 0.25) is 6.79 Å². The number of ether oxygens (including phenoxy) is 3. The van der Waals surface area contributed by atoms with Crippen molar-refractivity contribution in [3.8, 4) is 23.3 Å². The molecule has 0 aromatic heterocycles. The van der Waals surface area contributed by atoms with Crippen molar-refractivity contribution in [1.29, 1.82) is 5.26 Å². The number of phenolic OH excluding ortho intramolecular Hbond substituents is 1. The number of aromatic hydroxyl groups is 1. The zero-order valence-electron chi connectivity index (χ0n) is 16.1. The molecule has 0 radical (unpaired) electrons. The molecule has 3 aromatic carbocycles. The molecule has 0 amide bonds. The average Bonchev–Trinajstić information content (AvgIpc) is 3.24. The fourth-order valence-corrected chi connectivity index (χ4v) is 3.55. The first-order valence-corrected chi connectivity index (χ1v) is 9.46. The minimum atomic E-state index is -0.972. The molecular formula is C24H19NO5. The molecule has 0 unspecified atom stereocenters. The summed E-state index contributed by atoms with van der Waals surface area (Å²) in [5, 5.41) is 20.3. The lowest BCUT2D eigenvalue weighted by atomic mass is 9.73. The van der Waals surface area contributed by atoms with Crippen molar-refractivity contribution in [2.45, 2.75) is 11.8 Å². The third kappa shape index (κ3) is 3.53. The van der Waals surface area contributed by atoms with Crippen LogP contribution in [0, 0.1) is 11.3 Å². The van der Waals surface area contributed by atoms with Crippen molar-refractivity contribution < 1.29 is 24.1 Å². The van der Waals surface area contributed by atoms with Gasteiger partial charge in [-0.25, -0.2) is 4.79 Å². The third-order valence-electron chi connectivity index (χ3n) is 5.15. The Hall–Kier alpha value is -3.98. The standard InChI is InChI=1S/C24H19NO5/c25-15-24(17-7-3-1-4-8-17,18-9-5-2-6-10-18)11-12-28-23(27)19-13-21-22(14-20(19)26)30-16-29-21/h1-10,13-14,26H,11-12,16H2. The van der Waals surface area contributed by atoms with Gasteiger partial charge in [0.05, 0.1) is 12.7 Å². The summed E-state index contributed by atoms with van der Waals surface area (Å²) in [5.41, 5.74) is 0.655. The van der Waals surface area contributed by atoms with Crippen LogP contribution in [0.25, 0.3) is 0 Å². The molecule has 30 heavy (non-hydrogen) atoms. The van der Waals surface area contributed by atoms with Gasteiger partial charge in [0.15, 0.2) is 11.5 Å². The number of rotatable bonds is 6. The van der Waals surface area contributed by atoms with Crippen LogP contribution in [0.3, 0.4) is 0 Å². The average molecular weight is 401 g/mol. The smallest absolute Gasteiger partial charge is 0.342 e. The number of carbonyl (C=O) groups is 1. The molecule has 1 heterocycles. The molecule has 0 saturated heterocycles. The molecule has 0 fully saturated rings. The monoisotopic (exact) mass is 401 g/mol. The highest BCUT2D eigenvalue weighted by molar-refractivity contribution is 5.93. The highest BCUT2D eigenvalue weighted by Crippen LogP contribution is 2.38. The second-order valence-electron chi connectivity index (χ2n) is 6.86. The minimum absolute atomic E-state index is 0.00986. The second-order valence-corrected chi connectivity index (χ2v) is 6.86. The Morgan fingerprint density at radius 3 is 2.13 bits per heavy atom. The SMILES string of the molecule is N#CC(CCOC(=O)c1cc2c(cc1O)OCO2)(c1ccccc1)c1ccccc1. The summed E-state index contributed by atoms with van der Waals surface area (Å²) in [6, 6.07) is 24.0. The molecule has 1 N–H and O–H groups in total. The number of nitriles is 1. The van der Waals surface area contributed by atoms with Crippen molar-refractivity contribution in [1.82, 2.24) is 0 Å². The van der Waals surface area contributed by atoms with Gasteiger partial charge in [-0.2, -0.15) is 5.26 Å². The van der Waals surface area contributed by atoms with E-state index < -0.39 is 11.4 Å². The van der Waals surface area contributed by atoms with Crippen LogP contribution in [0.4, 0.5) is 0 Å². The van der Waals surface area contributed by atoms with E-state index in [9.17, 15) is 15.2 Å². The summed E-state index contributed by atoms with van der Waals surface area (Å²) in [4.78, 5) is 12.6. The Kier molecular flexibility index (Phi) is 5.27. The largest absolute Gasteiger partial charge is 0.507 e. The Bertz CT molecular complexity index is 1050. The first-order chi connectivity index (χ1) is 14.6. The van der Waals surface area contributed by atoms with Gasteiger partial charge in [0.1, 0.15) is 16.7 Å². The predicted molar refractivity (Wildman–Crippen MR) is 108 cm³/mol. The van der Waals surface area contributed by atoms with E-state index in [4.69, 9.17) is 14.2 Å². The highest BCUT2D eigenvalue weighted by Gasteiger charge is 2.35. The highest BCUT2D eigenvalue weighted by atomic mass is 16.7. The Balaban J connectivity index is 1.56. The Morgan fingerprint density at radius 1 is 1.00 bits per heavy atom. The van der Waals surface area contributed by atoms with Crippen molar-refractivity contribution in [3.05, 3.63) is 89.5 Å². The minimum Gasteiger partial charge on any atom is -0.507 e. The number of benzene rings is 3. The van der Waals surface area contributed by atoms with Crippen LogP contribution in [-0.4, -0.2) is 24.5 Å². The lowest BCUT2D eigenvalue weighted by Gasteiger charge is -2.27. The maximum absolute atomic E-state index is 12.6. The topological polar surface area (TPSA) is 88.8 Å². The molecule has 1 aliphatic rings. The number of fused-ring (bicyclic) bond motifs is 1. The van der Waals surface area contributed by atoms with E-state index >= 15 is 0 Å². The van der Waals surface area contributed by atoms with Crippen LogP contribution in [0.5, 0.6) is 17.2 Å². The van der Waals surface area contributed by atoms with E-state index in [2.05, 4.69) is 6.07 Å². The van der Waals surface area contributed by atoms with Crippen LogP contribution in [-0.2, 0) is 10.2 Å². The van der Waals surface area contributed by atoms with Crippen LogP contribution in [0.1, 0.15) is 27.9 Å². The summed E-state index contributed by atoms with van der Waals surface area (Å²) < 4.78 is 15.9. The van der Waals surface area contributed by atoms with Crippen LogP contribution < -0.4 is 9.47 Å². The van der Waals surface area contributed by atoms with E-state index in [0.29, 0.717) is 11.5 Å². The number of phenols is 1. The summed E-state index contributed by atoms with van der Waals surface area (Å²) in [5.74, 6) is -0.193. The molecule has 0 bridgehead atoms. The summed E-state index contributed by atoms with van der Waals surface area (Å²) in [6.45, 7) is 0.0240. The van der Waals surface area contributed by atoms with Gasteiger partial charge < -0.3 is 19.3 Å². The van der Waals surface area contributed by atoms with Crippen molar-refractivity contribution >= 4 is 5.97 Å². The molecule has 0 saturated carbocycles. The van der Waals surface area contributed by atoms with Crippen LogP contribution in [0.15, 0.2) is 72.8 Å². The van der Waals surface area contributed by atoms with Gasteiger partial charge in [0, 0.05) is 18.6 Å². The van der Waals surface area contributed by atoms with Gasteiger partial charge in [-0.1, -0.05) is 60.7 Å². The van der Waals surface area contributed by atoms with E-state index in [1.807, 2.05) is 60.7 Å². The first-order valence-electron chi connectivity index (χ1n) is 9.46. The van der Waals surface area contributed by atoms with E-state index in [0.717, 1.165) is 11.1 Å². The van der Waals surface area contributed by atoms with Crippen LogP contribution in [0.2, 0.25) is 0 Å². The Morgan fingerprint density at radius 2 is 1.57 bits per heavy atom. The van der Waals surface area contributed by atoms with E-state index in [1.54, 1.807) is 0 Å². The number of carbonyl (C=O) groups excluding carboxylic acids is 1. The second kappa shape index (κ2) is 8.18. The molecule has 1 aliphatic heterocycles. The maximum Gasteiger partial charge on any atom is 0.342 e. The molecule has 6 heteroatoms. The number of hydrogen-bond acceptors (Lipinski definition) is 6. The molecule has 6 nitrogen and oxygen atoms in total. The Labute approximate surface area is 173 Å². The molecule has 0 spiro atoms. The number of nitrogens with zero attached hydrogens (tertiary/aromatic N) is 1. The molecule has 150 valence electrons. The molecular weight excluding hydrogens is 382 g/mol. The zero-order valence-corrected chi connectivity index (χ0v) is 16.1. The zero-order chi connectivity index (χ0) is 21.0. The number of esters is 1. The van der Waals surface area contributed by atoms with Gasteiger partial charge in [-0.3, -0.25) is 0 Å². The maximum atomic E-state index is 12.6. The van der Waals surface area contributed by atoms with Crippen molar-refractivity contribution in [3.63, 3.8) is 0 Å². The lowest BCUT2D eigenvalue weighted by Crippen LogP contribution is -2.28. The summed E-state index contributed by atoms with van der Waals surface area (Å²) in [6.07, 6.45) is 0.259. The van der Waals surface area contributed by atoms with Crippen LogP contribution >= 0.6 is 0 Å². The molecule has 0 aliphatic carbocycles. The fraction of sp³-hybridized carbons (Fsp3) is 0.167. The van der Waals surface area contributed by atoms with E-state index in [1.165, 1.54) is 12.1 Å². The lowest BCUT2D eigenvalue weighted by molar-refractivity contribution is 0.0485. The third-order valence-corrected chi connectivity index (χ3v) is 5.15. The van der Waals surface area contributed by atoms with Crippen molar-refractivity contribution in [2.75, 3.05) is 13.4 Å². The van der Waals surface area contributed by atoms with E-state index in [-0.39, 0.29) is 31.1 Å².